The highest BCUT2D eigenvalue weighted by Crippen LogP contribution is 2.16. The smallest absolute Gasteiger partial charge is 0.316 e. The van der Waals surface area contributed by atoms with Crippen molar-refractivity contribution in [1.29, 1.82) is 0 Å². The number of benzene rings is 2. The summed E-state index contributed by atoms with van der Waals surface area (Å²) in [5.41, 5.74) is 2.55. The predicted molar refractivity (Wildman–Crippen MR) is 106 cm³/mol. The maximum Gasteiger partial charge on any atom is 0.316 e. The van der Waals surface area contributed by atoms with Gasteiger partial charge in [-0.3, -0.25) is 14.4 Å². The number of aromatic nitrogens is 2. The molecular weight excluding hydrogens is 342 g/mol. The minimum atomic E-state index is -0.679. The quantitative estimate of drug-likeness (QED) is 0.707. The third kappa shape index (κ3) is 3.56. The maximum absolute atomic E-state index is 13.0. The largest absolute Gasteiger partial charge is 0.335 e. The van der Waals surface area contributed by atoms with E-state index in [2.05, 4.69) is 4.98 Å². The van der Waals surface area contributed by atoms with Crippen LogP contribution in [0.15, 0.2) is 52.1 Å². The predicted octanol–water partition coefficient (Wildman–Crippen LogP) is 2.68. The number of fused-ring (bicyclic) bond motifs is 1. The van der Waals surface area contributed by atoms with Crippen LogP contribution in [0.2, 0.25) is 0 Å². The lowest BCUT2D eigenvalue weighted by Gasteiger charge is -2.22. The van der Waals surface area contributed by atoms with Crippen LogP contribution in [0.3, 0.4) is 0 Å². The Kier molecular flexibility index (Phi) is 5.26. The highest BCUT2D eigenvalue weighted by atomic mass is 16.2. The molecule has 0 spiro atoms. The number of rotatable bonds is 5. The van der Waals surface area contributed by atoms with E-state index in [1.807, 2.05) is 38.1 Å². The van der Waals surface area contributed by atoms with Crippen molar-refractivity contribution < 1.29 is 4.79 Å². The lowest BCUT2D eigenvalue weighted by Crippen LogP contribution is -2.36. The third-order valence-electron chi connectivity index (χ3n) is 4.83. The Bertz CT molecular complexity index is 1110. The first kappa shape index (κ1) is 18.6. The van der Waals surface area contributed by atoms with Crippen molar-refractivity contribution in [3.8, 4) is 0 Å². The molecule has 1 heterocycles. The molecule has 0 fully saturated rings. The molecule has 0 saturated heterocycles. The van der Waals surface area contributed by atoms with Crippen molar-refractivity contribution >= 4 is 16.9 Å². The SMILES string of the molecule is CCN(Cc1ccccc1C)C(=O)c1ccc2c(c1)[nH]c(=O)c(=O)n2CC. The molecule has 140 valence electrons. The van der Waals surface area contributed by atoms with Crippen LogP contribution >= 0.6 is 0 Å². The van der Waals surface area contributed by atoms with E-state index < -0.39 is 11.1 Å². The fraction of sp³-hybridized carbons (Fsp3) is 0.286. The fourth-order valence-corrected chi connectivity index (χ4v) is 3.23. The molecule has 3 rings (SSSR count). The summed E-state index contributed by atoms with van der Waals surface area (Å²) in [6, 6.07) is 13.0. The van der Waals surface area contributed by atoms with Crippen LogP contribution in [-0.2, 0) is 13.1 Å². The van der Waals surface area contributed by atoms with Gasteiger partial charge in [-0.05, 0) is 50.1 Å². The summed E-state index contributed by atoms with van der Waals surface area (Å²) < 4.78 is 1.41. The minimum absolute atomic E-state index is 0.113. The molecule has 0 aliphatic heterocycles. The van der Waals surface area contributed by atoms with Gasteiger partial charge in [0.25, 0.3) is 5.91 Å². The van der Waals surface area contributed by atoms with E-state index in [0.29, 0.717) is 36.2 Å². The van der Waals surface area contributed by atoms with Crippen molar-refractivity contribution in [1.82, 2.24) is 14.5 Å². The van der Waals surface area contributed by atoms with Crippen LogP contribution < -0.4 is 11.1 Å². The number of carbonyl (C=O) groups is 1. The van der Waals surface area contributed by atoms with E-state index in [0.717, 1.165) is 11.1 Å². The van der Waals surface area contributed by atoms with Crippen molar-refractivity contribution in [3.05, 3.63) is 79.9 Å². The van der Waals surface area contributed by atoms with Crippen LogP contribution in [0.5, 0.6) is 0 Å². The molecule has 0 aliphatic rings. The van der Waals surface area contributed by atoms with Gasteiger partial charge in [0.2, 0.25) is 0 Å². The Morgan fingerprint density at radius 2 is 1.85 bits per heavy atom. The second kappa shape index (κ2) is 7.61. The van der Waals surface area contributed by atoms with E-state index in [4.69, 9.17) is 0 Å². The summed E-state index contributed by atoms with van der Waals surface area (Å²) >= 11 is 0. The molecule has 6 heteroatoms. The summed E-state index contributed by atoms with van der Waals surface area (Å²) in [4.78, 5) is 41.2. The zero-order chi connectivity index (χ0) is 19.6. The Hall–Kier alpha value is -3.15. The van der Waals surface area contributed by atoms with E-state index in [1.165, 1.54) is 4.57 Å². The molecule has 1 aromatic heterocycles. The van der Waals surface area contributed by atoms with Gasteiger partial charge in [0, 0.05) is 25.2 Å². The lowest BCUT2D eigenvalue weighted by atomic mass is 10.1. The first-order valence-electron chi connectivity index (χ1n) is 9.07. The standard InChI is InChI=1S/C21H23N3O3/c1-4-23(13-16-9-7-6-8-14(16)3)20(26)15-10-11-18-17(12-15)22-19(25)21(27)24(18)5-2/h6-12H,4-5,13H2,1-3H3,(H,22,25). The summed E-state index contributed by atoms with van der Waals surface area (Å²) in [7, 11) is 0. The number of amides is 1. The topological polar surface area (TPSA) is 75.2 Å². The lowest BCUT2D eigenvalue weighted by molar-refractivity contribution is 0.0752. The first-order valence-corrected chi connectivity index (χ1v) is 9.07. The zero-order valence-electron chi connectivity index (χ0n) is 15.8. The molecule has 27 heavy (non-hydrogen) atoms. The number of nitrogens with zero attached hydrogens (tertiary/aromatic N) is 2. The molecule has 6 nitrogen and oxygen atoms in total. The third-order valence-corrected chi connectivity index (χ3v) is 4.83. The highest BCUT2D eigenvalue weighted by Gasteiger charge is 2.17. The van der Waals surface area contributed by atoms with Gasteiger partial charge in [-0.15, -0.1) is 0 Å². The van der Waals surface area contributed by atoms with Gasteiger partial charge in [0.1, 0.15) is 0 Å². The molecule has 0 bridgehead atoms. The van der Waals surface area contributed by atoms with Gasteiger partial charge in [-0.2, -0.15) is 0 Å². The molecule has 0 saturated carbocycles. The van der Waals surface area contributed by atoms with Gasteiger partial charge >= 0.3 is 11.1 Å². The van der Waals surface area contributed by atoms with Crippen LogP contribution in [0.4, 0.5) is 0 Å². The highest BCUT2D eigenvalue weighted by molar-refractivity contribution is 5.97. The second-order valence-corrected chi connectivity index (χ2v) is 6.48. The maximum atomic E-state index is 13.0. The molecule has 0 unspecified atom stereocenters. The Morgan fingerprint density at radius 3 is 2.52 bits per heavy atom. The summed E-state index contributed by atoms with van der Waals surface area (Å²) in [6.07, 6.45) is 0. The van der Waals surface area contributed by atoms with Gasteiger partial charge in [0.05, 0.1) is 11.0 Å². The van der Waals surface area contributed by atoms with E-state index in [-0.39, 0.29) is 5.91 Å². The van der Waals surface area contributed by atoms with Crippen LogP contribution in [0, 0.1) is 6.92 Å². The zero-order valence-corrected chi connectivity index (χ0v) is 15.8. The van der Waals surface area contributed by atoms with Crippen LogP contribution in [-0.4, -0.2) is 26.9 Å². The second-order valence-electron chi connectivity index (χ2n) is 6.48. The van der Waals surface area contributed by atoms with Crippen molar-refractivity contribution in [3.63, 3.8) is 0 Å². The molecule has 2 aromatic carbocycles. The Labute approximate surface area is 157 Å². The van der Waals surface area contributed by atoms with Gasteiger partial charge in [0.15, 0.2) is 0 Å². The number of H-pyrrole nitrogens is 1. The van der Waals surface area contributed by atoms with Crippen LogP contribution in [0.25, 0.3) is 11.0 Å². The molecule has 3 aromatic rings. The van der Waals surface area contributed by atoms with Crippen LogP contribution in [0.1, 0.15) is 35.3 Å². The molecule has 1 N–H and O–H groups in total. The van der Waals surface area contributed by atoms with Crippen molar-refractivity contribution in [2.75, 3.05) is 6.54 Å². The average Bonchev–Trinajstić information content (AvgIpc) is 2.67. The van der Waals surface area contributed by atoms with E-state index >= 15 is 0 Å². The van der Waals surface area contributed by atoms with Crippen molar-refractivity contribution in [2.45, 2.75) is 33.9 Å². The number of carbonyl (C=O) groups excluding carboxylic acids is 1. The summed E-state index contributed by atoms with van der Waals surface area (Å²) in [6.45, 7) is 7.24. The van der Waals surface area contributed by atoms with Gasteiger partial charge < -0.3 is 14.5 Å². The fourth-order valence-electron chi connectivity index (χ4n) is 3.23. The average molecular weight is 365 g/mol. The van der Waals surface area contributed by atoms with Gasteiger partial charge in [-0.25, -0.2) is 0 Å². The molecule has 0 aliphatic carbocycles. The molecule has 1 amide bonds. The van der Waals surface area contributed by atoms with Crippen molar-refractivity contribution in [2.24, 2.45) is 0 Å². The van der Waals surface area contributed by atoms with E-state index in [9.17, 15) is 14.4 Å². The first-order chi connectivity index (χ1) is 13.0. The van der Waals surface area contributed by atoms with E-state index in [1.54, 1.807) is 30.0 Å². The number of aryl methyl sites for hydroxylation is 2. The summed E-state index contributed by atoms with van der Waals surface area (Å²) in [5.74, 6) is -0.113. The Morgan fingerprint density at radius 1 is 1.11 bits per heavy atom. The normalized spacial score (nSPS) is 10.9. The summed E-state index contributed by atoms with van der Waals surface area (Å²) in [5, 5.41) is 0. The number of hydrogen-bond acceptors (Lipinski definition) is 3. The number of nitrogens with one attached hydrogen (secondary N) is 1. The monoisotopic (exact) mass is 365 g/mol. The number of aromatic amines is 1. The molecular formula is C21H23N3O3. The molecule has 0 radical (unpaired) electrons. The van der Waals surface area contributed by atoms with Gasteiger partial charge in [-0.1, -0.05) is 24.3 Å². The molecule has 0 atom stereocenters. The minimum Gasteiger partial charge on any atom is -0.335 e. The Balaban J connectivity index is 1.99. The number of hydrogen-bond donors (Lipinski definition) is 1.